The fourth-order valence-corrected chi connectivity index (χ4v) is 19.3. The van der Waals surface area contributed by atoms with Crippen molar-refractivity contribution >= 4 is 139 Å². The molecule has 13 aromatic carbocycles. The molecular weight excluding hydrogens is 1620 g/mol. The summed E-state index contributed by atoms with van der Waals surface area (Å²) in [6.45, 7) is 16.7. The molecule has 0 spiro atoms. The number of carbonyl (C=O) groups is 4. The second-order valence-electron chi connectivity index (χ2n) is 32.4. The molecule has 2 heterocycles. The Hall–Kier alpha value is -15.5. The molecule has 0 amide bonds. The summed E-state index contributed by atoms with van der Waals surface area (Å²) in [6.07, 6.45) is 24.9. The molecule has 0 radical (unpaired) electrons. The molecule has 0 N–H and O–H groups in total. The van der Waals surface area contributed by atoms with E-state index in [4.69, 9.17) is 6.42 Å². The van der Waals surface area contributed by atoms with E-state index in [0.717, 1.165) is 122 Å². The average Bonchev–Trinajstić information content (AvgIpc) is 1.51. The van der Waals surface area contributed by atoms with Gasteiger partial charge < -0.3 is 8.96 Å². The van der Waals surface area contributed by atoms with Gasteiger partial charge in [0.15, 0.2) is 23.1 Å². The first kappa shape index (κ1) is 86.6. The Bertz CT molecular complexity index is 7290. The lowest BCUT2D eigenvalue weighted by atomic mass is 9.49. The van der Waals surface area contributed by atoms with Crippen LogP contribution in [0.1, 0.15) is 135 Å². The predicted molar refractivity (Wildman–Crippen MR) is 549 cm³/mol. The molecule has 17 rings (SSSR count). The minimum absolute atomic E-state index is 0.0784. The highest BCUT2D eigenvalue weighted by atomic mass is 32.2. The van der Waals surface area contributed by atoms with E-state index in [1.165, 1.54) is 63.1 Å². The quantitative estimate of drug-likeness (QED) is 0.0201. The summed E-state index contributed by atoms with van der Waals surface area (Å²) < 4.78 is 4.43. The highest BCUT2D eigenvalue weighted by Gasteiger charge is 2.44. The van der Waals surface area contributed by atoms with E-state index < -0.39 is 36.8 Å². The van der Waals surface area contributed by atoms with Crippen LogP contribution in [0.25, 0.3) is 124 Å². The molecule has 15 aromatic rings. The number of unbranched alkanes of at least 4 members (excludes halogenated alkanes) is 9. The molecule has 2 aromatic heterocycles. The Balaban J connectivity index is 1.03. The fourth-order valence-electron chi connectivity index (χ4n) is 17.9. The first-order chi connectivity index (χ1) is 63.9. The number of Topliss-reactive ketones (excluding diaryl/α,β-unsaturated/α-hetero) is 4. The van der Waals surface area contributed by atoms with Crippen LogP contribution >= 0.6 is 23.5 Å². The fraction of sp³-hybridized carbons (Fsp3) is 0.100. The number of hydrogen-bond donors (Lipinski definition) is 0. The van der Waals surface area contributed by atoms with Crippen molar-refractivity contribution in [2.24, 2.45) is 0 Å². The summed E-state index contributed by atoms with van der Waals surface area (Å²) >= 11 is 3.09. The molecule has 0 saturated heterocycles. The Kier molecular flexibility index (Phi) is 26.9. The SMILES string of the molecule is C#CC#CC#CC#CC#CC#CSc1ccc(-c2c3c(=C4C(=O)c5ccccc5C4=O)n(B(c4ccc(-c5ccc(C=C)cc5)cc4)c4ccc(-c5ccc(C=C)cc5)cc4)c(-c4ccc(SCCCCCCCCCCCC)cc4)c3/c(=C3\C(=O)c4ccc5ccccc5c4C3=O)n2B(c2ccc(-c3ccc(C=C)cc3)cc2)c2ccc(-c3ccc(C=C)cc3)cc2)cc1. The van der Waals surface area contributed by atoms with E-state index in [1.807, 2.05) is 90.7 Å². The van der Waals surface area contributed by atoms with Gasteiger partial charge in [-0.1, -0.05) is 410 Å². The standard InChI is InChI=1S/C120H88B2N2O4S2/c1-7-13-15-17-19-21-23-25-27-33-81-129-102-76-63-96(64-77-102)113-109-110(116(112-119(127)107-80-67-95-35-29-30-36-104(95)108(107)120(112)128)124(113)122(100-72-59-93(60-73-100)89-51-43-85(11-5)44-52-89)101-74-61-94(62-75-101)90-53-45-86(12-6)46-54-90)114(97-65-78-103(79-66-97)130-82-34-28-26-24-22-20-18-16-14-8-2)123(115(109)111-117(125)105-37-31-32-38-106(105)118(111)126)121(98-68-55-91(56-69-98)87-47-39-83(9-3)40-48-87)99-70-57-92(58-71-99)88-49-41-84(10-4)42-50-88/h1,9-12,29-32,35-80H,3-6,8,14,16,18,20,22,24,26,28,34,82H2,2H3/b116-112-. The molecule has 0 aliphatic heterocycles. The third-order valence-electron chi connectivity index (χ3n) is 24.5. The number of rotatable bonds is 29. The van der Waals surface area contributed by atoms with Gasteiger partial charge in [-0.2, -0.15) is 0 Å². The molecule has 2 aliphatic rings. The van der Waals surface area contributed by atoms with E-state index >= 15 is 19.2 Å². The number of hydrogen-bond acceptors (Lipinski definition) is 6. The molecule has 130 heavy (non-hydrogen) atoms. The summed E-state index contributed by atoms with van der Waals surface area (Å²) in [5.41, 5.74) is 18.1. The summed E-state index contributed by atoms with van der Waals surface area (Å²) in [5, 5.41) is 6.08. The van der Waals surface area contributed by atoms with Crippen molar-refractivity contribution in [1.82, 2.24) is 8.96 Å². The maximum atomic E-state index is 17.5. The van der Waals surface area contributed by atoms with Crippen LogP contribution in [-0.2, 0) is 0 Å². The first-order valence-electron chi connectivity index (χ1n) is 44.1. The van der Waals surface area contributed by atoms with E-state index in [0.29, 0.717) is 38.7 Å². The number of thioether (sulfide) groups is 2. The van der Waals surface area contributed by atoms with Gasteiger partial charge in [0.05, 0.1) is 21.8 Å². The molecule has 2 aliphatic carbocycles. The van der Waals surface area contributed by atoms with E-state index in [9.17, 15) is 0 Å². The molecule has 0 unspecified atom stereocenters. The van der Waals surface area contributed by atoms with Gasteiger partial charge in [-0.15, -0.1) is 18.2 Å². The number of aromatic nitrogens is 2. The largest absolute Gasteiger partial charge is 0.375 e. The monoisotopic (exact) mass is 1710 g/mol. The summed E-state index contributed by atoms with van der Waals surface area (Å²) in [6, 6.07) is 103. The van der Waals surface area contributed by atoms with E-state index in [1.54, 1.807) is 30.3 Å². The van der Waals surface area contributed by atoms with Crippen LogP contribution < -0.4 is 32.5 Å². The lowest BCUT2D eigenvalue weighted by Crippen LogP contribution is -2.54. The number of nitrogens with zero attached hydrogens (tertiary/aromatic N) is 2. The number of benzene rings is 13. The van der Waals surface area contributed by atoms with Crippen molar-refractivity contribution in [1.29, 1.82) is 0 Å². The highest BCUT2D eigenvalue weighted by Crippen LogP contribution is 2.42. The molecule has 6 nitrogen and oxygen atoms in total. The molecule has 0 fully saturated rings. The summed E-state index contributed by atoms with van der Waals surface area (Å²) in [5.74, 6) is 25.4. The van der Waals surface area contributed by atoms with Gasteiger partial charge in [-0.05, 0) is 207 Å². The van der Waals surface area contributed by atoms with Gasteiger partial charge in [0.1, 0.15) is 0 Å². The van der Waals surface area contributed by atoms with Crippen LogP contribution in [0.3, 0.4) is 0 Å². The second kappa shape index (κ2) is 40.4. The molecule has 0 bridgehead atoms. The van der Waals surface area contributed by atoms with Crippen LogP contribution in [0.2, 0.25) is 0 Å². The molecule has 620 valence electrons. The van der Waals surface area contributed by atoms with Crippen molar-refractivity contribution in [3.05, 3.63) is 385 Å². The Morgan fingerprint density at radius 2 is 0.646 bits per heavy atom. The van der Waals surface area contributed by atoms with E-state index in [2.05, 4.69) is 325 Å². The summed E-state index contributed by atoms with van der Waals surface area (Å²) in [7, 11) is 0. The first-order valence-corrected chi connectivity index (χ1v) is 45.9. The maximum absolute atomic E-state index is 17.5. The van der Waals surface area contributed by atoms with Gasteiger partial charge in [-0.25, -0.2) is 0 Å². The maximum Gasteiger partial charge on any atom is 0.328 e. The van der Waals surface area contributed by atoms with Crippen LogP contribution in [0.15, 0.2) is 339 Å². The minimum atomic E-state index is -0.920. The predicted octanol–water partition coefficient (Wildman–Crippen LogP) is 23.7. The van der Waals surface area contributed by atoms with Gasteiger partial charge in [-0.3, -0.25) is 19.2 Å². The third kappa shape index (κ3) is 18.2. The number of fused-ring (bicyclic) bond motifs is 5. The van der Waals surface area contributed by atoms with Crippen LogP contribution in [0.4, 0.5) is 0 Å². The lowest BCUT2D eigenvalue weighted by Gasteiger charge is -2.25. The number of ketones is 4. The van der Waals surface area contributed by atoms with Crippen molar-refractivity contribution in [2.45, 2.75) is 80.9 Å². The van der Waals surface area contributed by atoms with Crippen molar-refractivity contribution in [2.75, 3.05) is 5.75 Å². The third-order valence-corrected chi connectivity index (χ3v) is 26.3. The van der Waals surface area contributed by atoms with Gasteiger partial charge in [0.25, 0.3) is 0 Å². The molecular formula is C120H88B2N2O4S2. The second-order valence-corrected chi connectivity index (χ2v) is 34.4. The average molecular weight is 1710 g/mol. The molecule has 0 saturated carbocycles. The highest BCUT2D eigenvalue weighted by molar-refractivity contribution is 8.04. The zero-order chi connectivity index (χ0) is 89.4. The van der Waals surface area contributed by atoms with Crippen LogP contribution in [0, 0.1) is 70.9 Å². The molecule has 10 heteroatoms. The normalized spacial score (nSPS) is 12.1. The van der Waals surface area contributed by atoms with Gasteiger partial charge >= 0.3 is 13.7 Å². The van der Waals surface area contributed by atoms with E-state index in [-0.39, 0.29) is 44.1 Å². The molecule has 0 atom stereocenters. The minimum Gasteiger partial charge on any atom is -0.375 e. The van der Waals surface area contributed by atoms with Crippen molar-refractivity contribution in [3.8, 4) is 138 Å². The van der Waals surface area contributed by atoms with Crippen LogP contribution in [0.5, 0.6) is 0 Å². The van der Waals surface area contributed by atoms with Gasteiger partial charge in [0, 0.05) is 54.2 Å². The topological polar surface area (TPSA) is 78.1 Å². The zero-order valence-electron chi connectivity index (χ0n) is 72.4. The van der Waals surface area contributed by atoms with Crippen molar-refractivity contribution in [3.63, 3.8) is 0 Å². The Morgan fingerprint density at radius 3 is 1.03 bits per heavy atom. The Morgan fingerprint density at radius 1 is 0.323 bits per heavy atom. The Labute approximate surface area is 771 Å². The number of carbonyl (C=O) groups excluding carboxylic acids is 4. The summed E-state index contributed by atoms with van der Waals surface area (Å²) in [4.78, 5) is 70.5. The van der Waals surface area contributed by atoms with Crippen LogP contribution in [-0.4, -0.2) is 51.5 Å². The zero-order valence-corrected chi connectivity index (χ0v) is 74.0. The van der Waals surface area contributed by atoms with Gasteiger partial charge in [0.2, 0.25) is 0 Å². The van der Waals surface area contributed by atoms with Crippen molar-refractivity contribution < 1.29 is 19.2 Å². The number of terminal acetylenes is 1. The smallest absolute Gasteiger partial charge is 0.328 e. The lowest BCUT2D eigenvalue weighted by molar-refractivity contribution is 0.101.